The Bertz CT molecular complexity index is 428. The highest BCUT2D eigenvalue weighted by Crippen LogP contribution is 2.34. The van der Waals surface area contributed by atoms with E-state index in [2.05, 4.69) is 0 Å². The molecule has 1 N–H and O–H groups in total. The average Bonchev–Trinajstić information content (AvgIpc) is 2.38. The third-order valence-corrected chi connectivity index (χ3v) is 4.25. The van der Waals surface area contributed by atoms with Gasteiger partial charge in [0.2, 0.25) is 0 Å². The molecule has 2 aliphatic rings. The molecule has 2 fully saturated rings. The van der Waals surface area contributed by atoms with Crippen LogP contribution in [0.15, 0.2) is 24.3 Å². The van der Waals surface area contributed by atoms with Crippen molar-refractivity contribution in [1.29, 1.82) is 0 Å². The second-order valence-corrected chi connectivity index (χ2v) is 5.66. The predicted molar refractivity (Wildman–Crippen MR) is 69.5 cm³/mol. The first-order valence-electron chi connectivity index (χ1n) is 6.80. The molecule has 1 aliphatic carbocycles. The van der Waals surface area contributed by atoms with Gasteiger partial charge in [-0.15, -0.1) is 0 Å². The number of likely N-dealkylation sites (tertiary alicyclic amines) is 1. The zero-order valence-electron chi connectivity index (χ0n) is 10.5. The van der Waals surface area contributed by atoms with Gasteiger partial charge in [0.15, 0.2) is 0 Å². The summed E-state index contributed by atoms with van der Waals surface area (Å²) < 4.78 is 0. The minimum absolute atomic E-state index is 0.117. The van der Waals surface area contributed by atoms with Crippen molar-refractivity contribution in [2.45, 2.75) is 25.7 Å². The first-order chi connectivity index (χ1) is 8.72. The average molecular weight is 245 g/mol. The van der Waals surface area contributed by atoms with Crippen molar-refractivity contribution in [1.82, 2.24) is 4.90 Å². The van der Waals surface area contributed by atoms with Crippen LogP contribution in [-0.4, -0.2) is 29.0 Å². The molecule has 1 heterocycles. The largest absolute Gasteiger partial charge is 0.508 e. The zero-order chi connectivity index (χ0) is 12.5. The van der Waals surface area contributed by atoms with Crippen LogP contribution in [0, 0.1) is 11.8 Å². The van der Waals surface area contributed by atoms with Gasteiger partial charge in [-0.2, -0.15) is 0 Å². The van der Waals surface area contributed by atoms with E-state index in [9.17, 15) is 9.90 Å². The Balaban J connectivity index is 1.74. The molecular weight excluding hydrogens is 226 g/mol. The molecule has 0 aromatic heterocycles. The van der Waals surface area contributed by atoms with E-state index in [0.29, 0.717) is 17.4 Å². The molecule has 3 heteroatoms. The molecule has 0 radical (unpaired) electrons. The Labute approximate surface area is 107 Å². The topological polar surface area (TPSA) is 40.5 Å². The second-order valence-electron chi connectivity index (χ2n) is 5.66. The zero-order valence-corrected chi connectivity index (χ0v) is 10.5. The smallest absolute Gasteiger partial charge is 0.253 e. The molecule has 3 rings (SSSR count). The number of carbonyl (C=O) groups is 1. The Morgan fingerprint density at radius 2 is 1.72 bits per heavy atom. The fraction of sp³-hybridized carbons (Fsp3) is 0.533. The van der Waals surface area contributed by atoms with E-state index < -0.39 is 0 Å². The quantitative estimate of drug-likeness (QED) is 0.826. The molecule has 2 bridgehead atoms. The number of nitrogens with zero attached hydrogens (tertiary/aromatic N) is 1. The lowest BCUT2D eigenvalue weighted by atomic mass is 9.78. The third kappa shape index (κ3) is 2.22. The fourth-order valence-corrected chi connectivity index (χ4v) is 3.38. The highest BCUT2D eigenvalue weighted by atomic mass is 16.3. The SMILES string of the molecule is O=C(c1ccc(O)cc1)N1CC2CCCC(C2)C1. The van der Waals surface area contributed by atoms with E-state index in [1.54, 1.807) is 24.3 Å². The minimum atomic E-state index is 0.117. The molecule has 1 amide bonds. The molecule has 2 atom stereocenters. The summed E-state index contributed by atoms with van der Waals surface area (Å²) in [7, 11) is 0. The Hall–Kier alpha value is -1.51. The van der Waals surface area contributed by atoms with Crippen molar-refractivity contribution in [2.75, 3.05) is 13.1 Å². The van der Waals surface area contributed by atoms with Gasteiger partial charge in [-0.3, -0.25) is 4.79 Å². The molecule has 1 saturated carbocycles. The van der Waals surface area contributed by atoms with Crippen LogP contribution < -0.4 is 0 Å². The van der Waals surface area contributed by atoms with Gasteiger partial charge in [-0.25, -0.2) is 0 Å². The third-order valence-electron chi connectivity index (χ3n) is 4.25. The first kappa shape index (κ1) is 11.6. The first-order valence-corrected chi connectivity index (χ1v) is 6.80. The van der Waals surface area contributed by atoms with E-state index in [4.69, 9.17) is 0 Å². The van der Waals surface area contributed by atoms with Crippen molar-refractivity contribution >= 4 is 5.91 Å². The summed E-state index contributed by atoms with van der Waals surface area (Å²) in [5.74, 6) is 1.74. The molecule has 96 valence electrons. The van der Waals surface area contributed by atoms with Crippen LogP contribution in [0.1, 0.15) is 36.0 Å². The molecule has 2 unspecified atom stereocenters. The summed E-state index contributed by atoms with van der Waals surface area (Å²) in [5.41, 5.74) is 0.688. The van der Waals surface area contributed by atoms with E-state index >= 15 is 0 Å². The highest BCUT2D eigenvalue weighted by Gasteiger charge is 2.32. The summed E-state index contributed by atoms with van der Waals surface area (Å²) in [5, 5.41) is 9.26. The molecule has 1 aromatic carbocycles. The van der Waals surface area contributed by atoms with Crippen LogP contribution in [0.3, 0.4) is 0 Å². The van der Waals surface area contributed by atoms with Gasteiger partial charge in [-0.05, 0) is 55.4 Å². The number of benzene rings is 1. The summed E-state index contributed by atoms with van der Waals surface area (Å²) in [4.78, 5) is 14.4. The van der Waals surface area contributed by atoms with Crippen molar-refractivity contribution < 1.29 is 9.90 Å². The molecule has 1 aromatic rings. The normalized spacial score (nSPS) is 27.0. The second kappa shape index (κ2) is 4.63. The maximum Gasteiger partial charge on any atom is 0.253 e. The number of aromatic hydroxyl groups is 1. The number of amides is 1. The molecule has 18 heavy (non-hydrogen) atoms. The van der Waals surface area contributed by atoms with Crippen molar-refractivity contribution in [3.8, 4) is 5.75 Å². The van der Waals surface area contributed by atoms with Crippen molar-refractivity contribution in [3.05, 3.63) is 29.8 Å². The van der Waals surface area contributed by atoms with Gasteiger partial charge in [0.1, 0.15) is 5.75 Å². The maximum atomic E-state index is 12.4. The van der Waals surface area contributed by atoms with Gasteiger partial charge in [0.05, 0.1) is 0 Å². The van der Waals surface area contributed by atoms with E-state index in [1.165, 1.54) is 25.7 Å². The predicted octanol–water partition coefficient (Wildman–Crippen LogP) is 2.65. The summed E-state index contributed by atoms with van der Waals surface area (Å²) in [6.45, 7) is 1.83. The number of rotatable bonds is 1. The van der Waals surface area contributed by atoms with Crippen LogP contribution in [0.4, 0.5) is 0 Å². The highest BCUT2D eigenvalue weighted by molar-refractivity contribution is 5.94. The lowest BCUT2D eigenvalue weighted by Crippen LogP contribution is -2.45. The van der Waals surface area contributed by atoms with Crippen LogP contribution in [0.2, 0.25) is 0 Å². The van der Waals surface area contributed by atoms with Crippen LogP contribution >= 0.6 is 0 Å². The molecular formula is C15H19NO2. The van der Waals surface area contributed by atoms with E-state index in [-0.39, 0.29) is 11.7 Å². The van der Waals surface area contributed by atoms with Crippen molar-refractivity contribution in [2.24, 2.45) is 11.8 Å². The lowest BCUT2D eigenvalue weighted by Gasteiger charge is -2.41. The number of fused-ring (bicyclic) bond motifs is 2. The number of hydrogen-bond donors (Lipinski definition) is 1. The van der Waals surface area contributed by atoms with Crippen LogP contribution in [0.25, 0.3) is 0 Å². The molecule has 1 saturated heterocycles. The Kier molecular flexibility index (Phi) is 2.98. The standard InChI is InChI=1S/C15H19NO2/c17-14-6-4-13(5-7-14)15(18)16-9-11-2-1-3-12(8-11)10-16/h4-7,11-12,17H,1-3,8-10H2. The van der Waals surface area contributed by atoms with Crippen LogP contribution in [-0.2, 0) is 0 Å². The van der Waals surface area contributed by atoms with Gasteiger partial charge >= 0.3 is 0 Å². The van der Waals surface area contributed by atoms with Crippen LogP contribution in [0.5, 0.6) is 5.75 Å². The number of phenolic OH excluding ortho intramolecular Hbond substituents is 1. The van der Waals surface area contributed by atoms with Gasteiger partial charge in [0.25, 0.3) is 5.91 Å². The van der Waals surface area contributed by atoms with E-state index in [1.807, 2.05) is 4.90 Å². The van der Waals surface area contributed by atoms with E-state index in [0.717, 1.165) is 13.1 Å². The number of piperidine rings is 1. The van der Waals surface area contributed by atoms with Gasteiger partial charge in [-0.1, -0.05) is 6.42 Å². The van der Waals surface area contributed by atoms with Gasteiger partial charge < -0.3 is 10.0 Å². The number of hydrogen-bond acceptors (Lipinski definition) is 2. The molecule has 1 aliphatic heterocycles. The maximum absolute atomic E-state index is 12.4. The monoisotopic (exact) mass is 245 g/mol. The lowest BCUT2D eigenvalue weighted by molar-refractivity contribution is 0.0504. The van der Waals surface area contributed by atoms with Gasteiger partial charge in [0, 0.05) is 18.7 Å². The Morgan fingerprint density at radius 1 is 1.11 bits per heavy atom. The number of phenols is 1. The Morgan fingerprint density at radius 3 is 2.33 bits per heavy atom. The molecule has 3 nitrogen and oxygen atoms in total. The minimum Gasteiger partial charge on any atom is -0.508 e. The summed E-state index contributed by atoms with van der Waals surface area (Å²) in [6, 6.07) is 6.58. The summed E-state index contributed by atoms with van der Waals surface area (Å²) in [6.07, 6.45) is 5.18. The molecule has 0 spiro atoms. The fourth-order valence-electron chi connectivity index (χ4n) is 3.38. The summed E-state index contributed by atoms with van der Waals surface area (Å²) >= 11 is 0. The number of carbonyl (C=O) groups excluding carboxylic acids is 1. The van der Waals surface area contributed by atoms with Crippen molar-refractivity contribution in [3.63, 3.8) is 0 Å².